The molecule has 1 fully saturated rings. The molecule has 0 radical (unpaired) electrons. The minimum Gasteiger partial charge on any atom is -0.368 e. The molecular weight excluding hydrogens is 330 g/mol. The highest BCUT2D eigenvalue weighted by molar-refractivity contribution is 9.10. The lowest BCUT2D eigenvalue weighted by Gasteiger charge is -2.28. The molecule has 19 heavy (non-hydrogen) atoms. The normalized spacial score (nSPS) is 18.8. The van der Waals surface area contributed by atoms with Crippen molar-refractivity contribution < 1.29 is 4.79 Å². The molecule has 3 N–H and O–H groups in total. The van der Waals surface area contributed by atoms with Crippen molar-refractivity contribution in [2.45, 2.75) is 12.5 Å². The molecule has 1 aliphatic heterocycles. The van der Waals surface area contributed by atoms with Crippen molar-refractivity contribution in [1.29, 1.82) is 0 Å². The zero-order valence-electron chi connectivity index (χ0n) is 10.5. The largest absolute Gasteiger partial charge is 0.368 e. The van der Waals surface area contributed by atoms with Gasteiger partial charge in [0.25, 0.3) is 0 Å². The highest BCUT2D eigenvalue weighted by Crippen LogP contribution is 2.30. The maximum atomic E-state index is 11.8. The first-order chi connectivity index (χ1) is 9.09. The molecule has 0 saturated carbocycles. The molecular formula is C13H17BrClN3O. The number of carbonyl (C=O) groups is 1. The Bertz CT molecular complexity index is 461. The number of rotatable bonds is 3. The van der Waals surface area contributed by atoms with Crippen LogP contribution in [-0.2, 0) is 4.79 Å². The standard InChI is InChI=1S/C13H17BrClN3O/c14-9-2-3-10(11(15)8-9)12(13(16)19)18-6-1-4-17-5-7-18/h2-3,8,12,17H,1,4-7H2,(H2,16,19). The molecule has 1 aliphatic rings. The summed E-state index contributed by atoms with van der Waals surface area (Å²) in [6, 6.07) is 5.08. The monoisotopic (exact) mass is 345 g/mol. The molecule has 1 heterocycles. The fraction of sp³-hybridized carbons (Fsp3) is 0.462. The van der Waals surface area contributed by atoms with Gasteiger partial charge in [0.15, 0.2) is 0 Å². The van der Waals surface area contributed by atoms with Crippen LogP contribution in [0.15, 0.2) is 22.7 Å². The van der Waals surface area contributed by atoms with Gasteiger partial charge in [-0.25, -0.2) is 0 Å². The molecule has 4 nitrogen and oxygen atoms in total. The Hall–Kier alpha value is -0.620. The first-order valence-electron chi connectivity index (χ1n) is 6.28. The summed E-state index contributed by atoms with van der Waals surface area (Å²) in [6.45, 7) is 3.46. The highest BCUT2D eigenvalue weighted by atomic mass is 79.9. The van der Waals surface area contributed by atoms with Crippen LogP contribution in [-0.4, -0.2) is 37.0 Å². The number of primary amides is 1. The second-order valence-electron chi connectivity index (χ2n) is 4.61. The van der Waals surface area contributed by atoms with E-state index in [1.807, 2.05) is 12.1 Å². The summed E-state index contributed by atoms with van der Waals surface area (Å²) in [7, 11) is 0. The quantitative estimate of drug-likeness (QED) is 0.879. The van der Waals surface area contributed by atoms with Crippen LogP contribution in [0.5, 0.6) is 0 Å². The van der Waals surface area contributed by atoms with Gasteiger partial charge in [0.05, 0.1) is 0 Å². The minimum absolute atomic E-state index is 0.355. The Labute approximate surface area is 126 Å². The van der Waals surface area contributed by atoms with E-state index in [1.54, 1.807) is 6.07 Å². The first-order valence-corrected chi connectivity index (χ1v) is 7.45. The first kappa shape index (κ1) is 14.8. The van der Waals surface area contributed by atoms with E-state index >= 15 is 0 Å². The number of carbonyl (C=O) groups excluding carboxylic acids is 1. The topological polar surface area (TPSA) is 58.4 Å². The van der Waals surface area contributed by atoms with Crippen molar-refractivity contribution in [3.8, 4) is 0 Å². The molecule has 1 unspecified atom stereocenters. The minimum atomic E-state index is -0.458. The Morgan fingerprint density at radius 1 is 1.42 bits per heavy atom. The van der Waals surface area contributed by atoms with Gasteiger partial charge in [-0.3, -0.25) is 9.69 Å². The van der Waals surface area contributed by atoms with Gasteiger partial charge in [0, 0.05) is 29.1 Å². The predicted octanol–water partition coefficient (Wildman–Crippen LogP) is 1.92. The van der Waals surface area contributed by atoms with Crippen LogP contribution >= 0.6 is 27.5 Å². The van der Waals surface area contributed by atoms with Gasteiger partial charge in [0.1, 0.15) is 6.04 Å². The maximum absolute atomic E-state index is 11.8. The van der Waals surface area contributed by atoms with Crippen LogP contribution in [0.4, 0.5) is 0 Å². The van der Waals surface area contributed by atoms with E-state index in [0.717, 1.165) is 42.6 Å². The molecule has 1 aromatic carbocycles. The van der Waals surface area contributed by atoms with Crippen LogP contribution < -0.4 is 11.1 Å². The van der Waals surface area contributed by atoms with Gasteiger partial charge in [-0.05, 0) is 30.7 Å². The van der Waals surface area contributed by atoms with Crippen molar-refractivity contribution in [3.05, 3.63) is 33.3 Å². The summed E-state index contributed by atoms with van der Waals surface area (Å²) in [5, 5.41) is 3.88. The lowest BCUT2D eigenvalue weighted by molar-refractivity contribution is -0.123. The fourth-order valence-electron chi connectivity index (χ4n) is 2.38. The number of halogens is 2. The van der Waals surface area contributed by atoms with Crippen molar-refractivity contribution >= 4 is 33.4 Å². The summed E-state index contributed by atoms with van der Waals surface area (Å²) in [6.07, 6.45) is 0.998. The van der Waals surface area contributed by atoms with Gasteiger partial charge >= 0.3 is 0 Å². The van der Waals surface area contributed by atoms with E-state index in [2.05, 4.69) is 26.1 Å². The van der Waals surface area contributed by atoms with Gasteiger partial charge in [-0.2, -0.15) is 0 Å². The third-order valence-electron chi connectivity index (χ3n) is 3.27. The van der Waals surface area contributed by atoms with E-state index in [1.165, 1.54) is 0 Å². The molecule has 0 aromatic heterocycles. The average molecular weight is 347 g/mol. The van der Waals surface area contributed by atoms with Crippen LogP contribution in [0.2, 0.25) is 5.02 Å². The summed E-state index contributed by atoms with van der Waals surface area (Å²) in [4.78, 5) is 13.9. The molecule has 2 rings (SSSR count). The van der Waals surface area contributed by atoms with Crippen LogP contribution in [0, 0.1) is 0 Å². The van der Waals surface area contributed by atoms with Crippen LogP contribution in [0.3, 0.4) is 0 Å². The van der Waals surface area contributed by atoms with Crippen molar-refractivity contribution in [2.24, 2.45) is 5.73 Å². The summed E-state index contributed by atoms with van der Waals surface area (Å²) < 4.78 is 0.891. The number of nitrogens with one attached hydrogen (secondary N) is 1. The number of nitrogens with two attached hydrogens (primary N) is 1. The predicted molar refractivity (Wildman–Crippen MR) is 80.1 cm³/mol. The SMILES string of the molecule is NC(=O)C(c1ccc(Br)cc1Cl)N1CCCNCC1. The molecule has 0 spiro atoms. The number of hydrogen-bond donors (Lipinski definition) is 2. The smallest absolute Gasteiger partial charge is 0.239 e. The lowest BCUT2D eigenvalue weighted by atomic mass is 10.0. The zero-order valence-corrected chi connectivity index (χ0v) is 12.9. The van der Waals surface area contributed by atoms with Crippen LogP contribution in [0.1, 0.15) is 18.0 Å². The van der Waals surface area contributed by atoms with E-state index in [-0.39, 0.29) is 5.91 Å². The molecule has 0 bridgehead atoms. The molecule has 6 heteroatoms. The van der Waals surface area contributed by atoms with Crippen molar-refractivity contribution in [2.75, 3.05) is 26.2 Å². The fourth-order valence-corrected chi connectivity index (χ4v) is 3.15. The highest BCUT2D eigenvalue weighted by Gasteiger charge is 2.27. The van der Waals surface area contributed by atoms with Gasteiger partial charge in [-0.15, -0.1) is 0 Å². The molecule has 1 amide bonds. The Morgan fingerprint density at radius 2 is 2.21 bits per heavy atom. The molecule has 1 aromatic rings. The van der Waals surface area contributed by atoms with E-state index in [4.69, 9.17) is 17.3 Å². The van der Waals surface area contributed by atoms with Gasteiger partial charge in [-0.1, -0.05) is 33.6 Å². The third kappa shape index (κ3) is 3.69. The third-order valence-corrected chi connectivity index (χ3v) is 4.09. The Kier molecular flexibility index (Phi) is 5.21. The van der Waals surface area contributed by atoms with Crippen molar-refractivity contribution in [3.63, 3.8) is 0 Å². The molecule has 0 aliphatic carbocycles. The summed E-state index contributed by atoms with van der Waals surface area (Å²) >= 11 is 9.62. The van der Waals surface area contributed by atoms with E-state index in [9.17, 15) is 4.79 Å². The van der Waals surface area contributed by atoms with Crippen LogP contribution in [0.25, 0.3) is 0 Å². The Balaban J connectivity index is 2.30. The van der Waals surface area contributed by atoms with Crippen molar-refractivity contribution in [1.82, 2.24) is 10.2 Å². The summed E-state index contributed by atoms with van der Waals surface area (Å²) in [5.74, 6) is -0.355. The second-order valence-corrected chi connectivity index (χ2v) is 5.93. The Morgan fingerprint density at radius 3 is 2.89 bits per heavy atom. The van der Waals surface area contributed by atoms with Gasteiger partial charge < -0.3 is 11.1 Å². The van der Waals surface area contributed by atoms with E-state index in [0.29, 0.717) is 5.02 Å². The maximum Gasteiger partial charge on any atom is 0.239 e. The number of benzene rings is 1. The summed E-state index contributed by atoms with van der Waals surface area (Å²) in [5.41, 5.74) is 6.36. The molecule has 1 saturated heterocycles. The zero-order chi connectivity index (χ0) is 13.8. The van der Waals surface area contributed by atoms with E-state index < -0.39 is 6.04 Å². The van der Waals surface area contributed by atoms with Gasteiger partial charge in [0.2, 0.25) is 5.91 Å². The molecule has 1 atom stereocenters. The number of nitrogens with zero attached hydrogens (tertiary/aromatic N) is 1. The number of hydrogen-bond acceptors (Lipinski definition) is 3. The molecule has 104 valence electrons. The second kappa shape index (κ2) is 6.70. The number of amides is 1. The lowest BCUT2D eigenvalue weighted by Crippen LogP contribution is -2.39. The average Bonchev–Trinajstić information content (AvgIpc) is 2.61.